The van der Waals surface area contributed by atoms with Crippen molar-refractivity contribution in [2.75, 3.05) is 0 Å². The standard InChI is InChI=1S/C14H16N2O4S/c1-9(2)13(14(17)18)16-21(19,20)12-5-3-4-10-8-15-7-6-11(10)12/h3-9,13,16H,1-2H3,(H,17,18)/t13-/m0/s1. The second-order valence-electron chi connectivity index (χ2n) is 5.03. The fraction of sp³-hybridized carbons (Fsp3) is 0.286. The second-order valence-corrected chi connectivity index (χ2v) is 6.72. The van der Waals surface area contributed by atoms with Crippen molar-refractivity contribution in [1.82, 2.24) is 9.71 Å². The Bertz CT molecular complexity index is 766. The van der Waals surface area contributed by atoms with E-state index in [1.54, 1.807) is 38.2 Å². The van der Waals surface area contributed by atoms with Gasteiger partial charge in [0.2, 0.25) is 10.0 Å². The number of hydrogen-bond donors (Lipinski definition) is 2. The number of aliphatic carboxylic acids is 1. The highest BCUT2D eigenvalue weighted by Crippen LogP contribution is 2.22. The van der Waals surface area contributed by atoms with Gasteiger partial charge in [-0.2, -0.15) is 4.72 Å². The summed E-state index contributed by atoms with van der Waals surface area (Å²) < 4.78 is 27.2. The zero-order valence-corrected chi connectivity index (χ0v) is 12.5. The minimum atomic E-state index is -3.93. The molecule has 0 bridgehead atoms. The molecule has 2 rings (SSSR count). The molecular formula is C14H16N2O4S. The largest absolute Gasteiger partial charge is 0.480 e. The van der Waals surface area contributed by atoms with Gasteiger partial charge in [-0.15, -0.1) is 0 Å². The number of carbonyl (C=O) groups is 1. The molecule has 2 N–H and O–H groups in total. The van der Waals surface area contributed by atoms with Gasteiger partial charge < -0.3 is 5.11 Å². The van der Waals surface area contributed by atoms with Crippen LogP contribution in [-0.2, 0) is 14.8 Å². The summed E-state index contributed by atoms with van der Waals surface area (Å²) in [6.07, 6.45) is 3.06. The lowest BCUT2D eigenvalue weighted by molar-refractivity contribution is -0.140. The maximum absolute atomic E-state index is 12.5. The van der Waals surface area contributed by atoms with Crippen molar-refractivity contribution < 1.29 is 18.3 Å². The van der Waals surface area contributed by atoms with Gasteiger partial charge in [-0.05, 0) is 18.1 Å². The lowest BCUT2D eigenvalue weighted by Gasteiger charge is -2.18. The van der Waals surface area contributed by atoms with E-state index in [0.29, 0.717) is 10.8 Å². The molecule has 1 heterocycles. The number of pyridine rings is 1. The van der Waals surface area contributed by atoms with Gasteiger partial charge in [-0.3, -0.25) is 9.78 Å². The monoisotopic (exact) mass is 308 g/mol. The van der Waals surface area contributed by atoms with E-state index in [1.807, 2.05) is 0 Å². The molecule has 0 aliphatic rings. The first kappa shape index (κ1) is 15.4. The van der Waals surface area contributed by atoms with E-state index in [9.17, 15) is 13.2 Å². The maximum Gasteiger partial charge on any atom is 0.322 e. The van der Waals surface area contributed by atoms with Crippen LogP contribution in [-0.4, -0.2) is 30.5 Å². The van der Waals surface area contributed by atoms with Crippen molar-refractivity contribution in [3.8, 4) is 0 Å². The molecule has 7 heteroatoms. The Kier molecular flexibility index (Phi) is 4.24. The Morgan fingerprint density at radius 3 is 2.62 bits per heavy atom. The molecule has 0 radical (unpaired) electrons. The van der Waals surface area contributed by atoms with Crippen LogP contribution in [0.2, 0.25) is 0 Å². The molecular weight excluding hydrogens is 292 g/mol. The summed E-state index contributed by atoms with van der Waals surface area (Å²) in [5.41, 5.74) is 0. The van der Waals surface area contributed by atoms with Crippen LogP contribution in [0.5, 0.6) is 0 Å². The zero-order chi connectivity index (χ0) is 15.6. The number of aromatic nitrogens is 1. The normalized spacial score (nSPS) is 13.5. The van der Waals surface area contributed by atoms with Gasteiger partial charge in [0.05, 0.1) is 4.90 Å². The summed E-state index contributed by atoms with van der Waals surface area (Å²) in [4.78, 5) is 15.2. The first-order valence-corrected chi connectivity index (χ1v) is 7.89. The van der Waals surface area contributed by atoms with Crippen LogP contribution in [0.3, 0.4) is 0 Å². The molecule has 1 aromatic heterocycles. The lowest BCUT2D eigenvalue weighted by atomic mass is 10.1. The Labute approximate surface area is 122 Å². The van der Waals surface area contributed by atoms with E-state index in [-0.39, 0.29) is 10.8 Å². The summed E-state index contributed by atoms with van der Waals surface area (Å²) >= 11 is 0. The highest BCUT2D eigenvalue weighted by Gasteiger charge is 2.28. The Morgan fingerprint density at radius 1 is 1.29 bits per heavy atom. The van der Waals surface area contributed by atoms with Crippen LogP contribution >= 0.6 is 0 Å². The molecule has 0 aliphatic carbocycles. The third kappa shape index (κ3) is 3.20. The molecule has 6 nitrogen and oxygen atoms in total. The van der Waals surface area contributed by atoms with E-state index in [2.05, 4.69) is 9.71 Å². The number of hydrogen-bond acceptors (Lipinski definition) is 4. The number of fused-ring (bicyclic) bond motifs is 1. The van der Waals surface area contributed by atoms with Crippen molar-refractivity contribution in [3.05, 3.63) is 36.7 Å². The SMILES string of the molecule is CC(C)[C@H](NS(=O)(=O)c1cccc2cnccc12)C(=O)O. The van der Waals surface area contributed by atoms with Gasteiger partial charge >= 0.3 is 5.97 Å². The summed E-state index contributed by atoms with van der Waals surface area (Å²) in [6.45, 7) is 3.29. The summed E-state index contributed by atoms with van der Waals surface area (Å²) in [6, 6.07) is 5.22. The van der Waals surface area contributed by atoms with Crippen LogP contribution < -0.4 is 4.72 Å². The number of carboxylic acid groups (broad SMARTS) is 1. The summed E-state index contributed by atoms with van der Waals surface area (Å²) in [7, 11) is -3.93. The van der Waals surface area contributed by atoms with E-state index in [0.717, 1.165) is 0 Å². The zero-order valence-electron chi connectivity index (χ0n) is 11.6. The molecule has 1 aromatic carbocycles. The first-order chi connectivity index (χ1) is 9.83. The fourth-order valence-corrected chi connectivity index (χ4v) is 3.60. The number of sulfonamides is 1. The third-order valence-corrected chi connectivity index (χ3v) is 4.64. The smallest absolute Gasteiger partial charge is 0.322 e. The van der Waals surface area contributed by atoms with Gasteiger partial charge in [0.25, 0.3) is 0 Å². The van der Waals surface area contributed by atoms with Crippen LogP contribution in [0.15, 0.2) is 41.6 Å². The average molecular weight is 308 g/mol. The molecule has 0 unspecified atom stereocenters. The molecule has 21 heavy (non-hydrogen) atoms. The molecule has 2 aromatic rings. The number of rotatable bonds is 5. The Balaban J connectivity index is 2.50. The van der Waals surface area contributed by atoms with Crippen molar-refractivity contribution in [3.63, 3.8) is 0 Å². The number of nitrogens with one attached hydrogen (secondary N) is 1. The fourth-order valence-electron chi connectivity index (χ4n) is 2.03. The molecule has 0 saturated heterocycles. The van der Waals surface area contributed by atoms with Gasteiger partial charge in [0.15, 0.2) is 0 Å². The van der Waals surface area contributed by atoms with Crippen LogP contribution in [0.1, 0.15) is 13.8 Å². The van der Waals surface area contributed by atoms with Crippen LogP contribution in [0.25, 0.3) is 10.8 Å². The van der Waals surface area contributed by atoms with Crippen molar-refractivity contribution >= 4 is 26.8 Å². The number of benzene rings is 1. The van der Waals surface area contributed by atoms with Crippen molar-refractivity contribution in [2.45, 2.75) is 24.8 Å². The van der Waals surface area contributed by atoms with E-state index in [1.165, 1.54) is 12.3 Å². The minimum absolute atomic E-state index is 0.0503. The second kappa shape index (κ2) is 5.79. The Hall–Kier alpha value is -1.99. The predicted octanol–water partition coefficient (Wildman–Crippen LogP) is 1.62. The first-order valence-electron chi connectivity index (χ1n) is 6.41. The topological polar surface area (TPSA) is 96.4 Å². The molecule has 0 fully saturated rings. The van der Waals surface area contributed by atoms with Gasteiger partial charge in [0, 0.05) is 23.2 Å². The van der Waals surface area contributed by atoms with E-state index < -0.39 is 22.0 Å². The molecule has 112 valence electrons. The van der Waals surface area contributed by atoms with Crippen LogP contribution in [0.4, 0.5) is 0 Å². The highest BCUT2D eigenvalue weighted by molar-refractivity contribution is 7.89. The molecule has 0 spiro atoms. The molecule has 1 atom stereocenters. The molecule has 0 saturated carbocycles. The molecule has 0 amide bonds. The molecule has 0 aliphatic heterocycles. The van der Waals surface area contributed by atoms with Gasteiger partial charge in [-0.1, -0.05) is 26.0 Å². The van der Waals surface area contributed by atoms with E-state index in [4.69, 9.17) is 5.11 Å². The Morgan fingerprint density at radius 2 is 2.00 bits per heavy atom. The predicted molar refractivity (Wildman–Crippen MR) is 78.3 cm³/mol. The van der Waals surface area contributed by atoms with Gasteiger partial charge in [-0.25, -0.2) is 8.42 Å². The van der Waals surface area contributed by atoms with Crippen molar-refractivity contribution in [2.24, 2.45) is 5.92 Å². The maximum atomic E-state index is 12.5. The third-order valence-electron chi connectivity index (χ3n) is 3.15. The van der Waals surface area contributed by atoms with Crippen LogP contribution in [0, 0.1) is 5.92 Å². The highest BCUT2D eigenvalue weighted by atomic mass is 32.2. The number of carboxylic acids is 1. The number of nitrogens with zero attached hydrogens (tertiary/aromatic N) is 1. The minimum Gasteiger partial charge on any atom is -0.480 e. The summed E-state index contributed by atoms with van der Waals surface area (Å²) in [5, 5.41) is 10.3. The van der Waals surface area contributed by atoms with E-state index >= 15 is 0 Å². The van der Waals surface area contributed by atoms with Gasteiger partial charge in [0.1, 0.15) is 6.04 Å². The lowest BCUT2D eigenvalue weighted by Crippen LogP contribution is -2.44. The van der Waals surface area contributed by atoms with Crippen molar-refractivity contribution in [1.29, 1.82) is 0 Å². The quantitative estimate of drug-likeness (QED) is 0.875. The average Bonchev–Trinajstić information content (AvgIpc) is 2.43. The summed E-state index contributed by atoms with van der Waals surface area (Å²) in [5.74, 6) is -1.57.